The van der Waals surface area contributed by atoms with Crippen LogP contribution in [0.2, 0.25) is 0 Å². The molecule has 1 aliphatic rings. The predicted molar refractivity (Wildman–Crippen MR) is 119 cm³/mol. The second-order valence-electron chi connectivity index (χ2n) is 7.75. The quantitative estimate of drug-likeness (QED) is 0.493. The van der Waals surface area contributed by atoms with Crippen LogP contribution in [0.15, 0.2) is 9.95 Å². The molecule has 0 aromatic carbocycles. The molecule has 164 valence electrons. The number of urea groups is 1. The van der Waals surface area contributed by atoms with Crippen LogP contribution in [0, 0.1) is 12.8 Å². The number of carbonyl (C=O) groups excluding carboxylic acids is 2. The molecule has 3 N–H and O–H groups in total. The Hall–Kier alpha value is -1.91. The largest absolute Gasteiger partial charge is 0.376 e. The van der Waals surface area contributed by atoms with Gasteiger partial charge in [-0.25, -0.2) is 9.78 Å². The molecule has 0 radical (unpaired) electrons. The number of ether oxygens (including phenoxy) is 1. The van der Waals surface area contributed by atoms with Crippen molar-refractivity contribution >= 4 is 45.3 Å². The predicted octanol–water partition coefficient (Wildman–Crippen LogP) is 2.82. The Balaban J connectivity index is 2.09. The van der Waals surface area contributed by atoms with Gasteiger partial charge in [0.25, 0.3) is 5.56 Å². The van der Waals surface area contributed by atoms with Crippen molar-refractivity contribution in [1.29, 1.82) is 0 Å². The van der Waals surface area contributed by atoms with Crippen molar-refractivity contribution in [3.8, 4) is 0 Å². The van der Waals surface area contributed by atoms with Crippen LogP contribution in [0.5, 0.6) is 0 Å². The number of fused-ring (bicyclic) bond motifs is 1. The highest BCUT2D eigenvalue weighted by molar-refractivity contribution is 8.00. The minimum Gasteiger partial charge on any atom is -0.376 e. The number of amides is 3. The van der Waals surface area contributed by atoms with Gasteiger partial charge in [0, 0.05) is 11.5 Å². The Kier molecular flexibility index (Phi) is 7.20. The van der Waals surface area contributed by atoms with Crippen LogP contribution in [0.4, 0.5) is 4.79 Å². The third-order valence-electron chi connectivity index (χ3n) is 5.18. The maximum atomic E-state index is 13.5. The first-order valence-corrected chi connectivity index (χ1v) is 11.8. The van der Waals surface area contributed by atoms with Gasteiger partial charge in [-0.15, -0.1) is 11.3 Å². The molecule has 0 aliphatic carbocycles. The van der Waals surface area contributed by atoms with Crippen molar-refractivity contribution in [3.63, 3.8) is 0 Å². The highest BCUT2D eigenvalue weighted by atomic mass is 32.2. The number of primary amides is 1. The molecular formula is C20H28N4O4S2. The van der Waals surface area contributed by atoms with Gasteiger partial charge in [0.15, 0.2) is 5.16 Å². The first-order chi connectivity index (χ1) is 14.2. The lowest BCUT2D eigenvalue weighted by Crippen LogP contribution is -2.42. The highest BCUT2D eigenvalue weighted by Crippen LogP contribution is 2.32. The summed E-state index contributed by atoms with van der Waals surface area (Å²) in [5.74, 6) is -0.591. The molecule has 2 aromatic rings. The molecule has 30 heavy (non-hydrogen) atoms. The van der Waals surface area contributed by atoms with E-state index in [1.165, 1.54) is 23.1 Å². The molecule has 10 heteroatoms. The van der Waals surface area contributed by atoms with Crippen LogP contribution in [0.25, 0.3) is 10.2 Å². The van der Waals surface area contributed by atoms with Crippen LogP contribution in [0.3, 0.4) is 0 Å². The number of hydrogen-bond donors (Lipinski definition) is 2. The van der Waals surface area contributed by atoms with Gasteiger partial charge >= 0.3 is 6.03 Å². The number of hydrogen-bond acceptors (Lipinski definition) is 7. The second kappa shape index (κ2) is 9.49. The van der Waals surface area contributed by atoms with Gasteiger partial charge in [0.1, 0.15) is 4.83 Å². The van der Waals surface area contributed by atoms with Crippen LogP contribution >= 0.6 is 23.1 Å². The maximum absolute atomic E-state index is 13.5. The van der Waals surface area contributed by atoms with Crippen LogP contribution in [-0.2, 0) is 22.5 Å². The van der Waals surface area contributed by atoms with E-state index in [4.69, 9.17) is 15.5 Å². The van der Waals surface area contributed by atoms with E-state index < -0.39 is 17.2 Å². The summed E-state index contributed by atoms with van der Waals surface area (Å²) in [7, 11) is 0. The summed E-state index contributed by atoms with van der Waals surface area (Å²) in [4.78, 5) is 43.8. The van der Waals surface area contributed by atoms with Crippen LogP contribution in [0.1, 0.15) is 44.1 Å². The average molecular weight is 453 g/mol. The monoisotopic (exact) mass is 452 g/mol. The fourth-order valence-corrected chi connectivity index (χ4v) is 5.95. The number of aryl methyl sites for hydroxylation is 2. The smallest absolute Gasteiger partial charge is 0.318 e. The summed E-state index contributed by atoms with van der Waals surface area (Å²) in [6.45, 7) is 8.87. The second-order valence-corrected chi connectivity index (χ2v) is 10.1. The number of aromatic nitrogens is 2. The molecule has 2 atom stereocenters. The zero-order valence-corrected chi connectivity index (χ0v) is 19.3. The lowest BCUT2D eigenvalue weighted by Gasteiger charge is -2.21. The Morgan fingerprint density at radius 2 is 2.17 bits per heavy atom. The van der Waals surface area contributed by atoms with Crippen molar-refractivity contribution in [2.24, 2.45) is 11.7 Å². The molecule has 2 unspecified atom stereocenters. The third kappa shape index (κ3) is 4.70. The zero-order chi connectivity index (χ0) is 22.0. The first-order valence-electron chi connectivity index (χ1n) is 10.1. The molecular weight excluding hydrogens is 424 g/mol. The molecule has 0 spiro atoms. The van der Waals surface area contributed by atoms with E-state index in [2.05, 4.69) is 5.32 Å². The standard InChI is InChI=1S/C20H28N4O4S2/c1-5-13-11(4)29-17-14(13)18(26)24(9-12-7-6-8-28-12)20(23-17)30-15(10(2)3)16(25)22-19(21)27/h10,12,15H,5-9H2,1-4H3,(H3,21,22,25,27). The van der Waals surface area contributed by atoms with Crippen molar-refractivity contribution < 1.29 is 14.3 Å². The Labute approximate surface area is 183 Å². The summed E-state index contributed by atoms with van der Waals surface area (Å²) in [5, 5.41) is 2.65. The van der Waals surface area contributed by atoms with Crippen molar-refractivity contribution in [2.45, 2.75) is 70.0 Å². The topological polar surface area (TPSA) is 116 Å². The number of rotatable bonds is 7. The average Bonchev–Trinajstić information content (AvgIpc) is 3.28. The van der Waals surface area contributed by atoms with Gasteiger partial charge in [-0.1, -0.05) is 32.5 Å². The summed E-state index contributed by atoms with van der Waals surface area (Å²) < 4.78 is 7.40. The summed E-state index contributed by atoms with van der Waals surface area (Å²) >= 11 is 2.69. The molecule has 2 aromatic heterocycles. The van der Waals surface area contributed by atoms with E-state index in [0.29, 0.717) is 28.5 Å². The van der Waals surface area contributed by atoms with E-state index in [9.17, 15) is 14.4 Å². The summed E-state index contributed by atoms with van der Waals surface area (Å²) in [5.41, 5.74) is 6.06. The number of thiophene rings is 1. The third-order valence-corrected chi connectivity index (χ3v) is 7.76. The molecule has 0 saturated carbocycles. The van der Waals surface area contributed by atoms with Crippen molar-refractivity contribution in [3.05, 3.63) is 20.8 Å². The van der Waals surface area contributed by atoms with E-state index in [1.54, 1.807) is 4.57 Å². The highest BCUT2D eigenvalue weighted by Gasteiger charge is 2.29. The summed E-state index contributed by atoms with van der Waals surface area (Å²) in [6, 6.07) is -0.895. The molecule has 1 aliphatic heterocycles. The van der Waals surface area contributed by atoms with Gasteiger partial charge in [0.05, 0.1) is 23.3 Å². The molecule has 0 bridgehead atoms. The molecule has 3 rings (SSSR count). The lowest BCUT2D eigenvalue weighted by molar-refractivity contribution is -0.120. The van der Waals surface area contributed by atoms with Crippen LogP contribution < -0.4 is 16.6 Å². The SMILES string of the molecule is CCc1c(C)sc2nc(SC(C(=O)NC(N)=O)C(C)C)n(CC3CCCO3)c(=O)c12. The number of carbonyl (C=O) groups is 2. The Morgan fingerprint density at radius 3 is 2.73 bits per heavy atom. The van der Waals surface area contributed by atoms with Gasteiger partial charge in [0.2, 0.25) is 5.91 Å². The Morgan fingerprint density at radius 1 is 1.43 bits per heavy atom. The fourth-order valence-electron chi connectivity index (χ4n) is 3.70. The van der Waals surface area contributed by atoms with Gasteiger partial charge in [-0.3, -0.25) is 19.5 Å². The zero-order valence-electron chi connectivity index (χ0n) is 17.7. The van der Waals surface area contributed by atoms with E-state index in [-0.39, 0.29) is 17.6 Å². The molecule has 3 amide bonds. The van der Waals surface area contributed by atoms with E-state index in [0.717, 1.165) is 29.7 Å². The van der Waals surface area contributed by atoms with Crippen LogP contribution in [-0.4, -0.2) is 39.5 Å². The minimum atomic E-state index is -0.895. The van der Waals surface area contributed by atoms with Crippen molar-refractivity contribution in [2.75, 3.05) is 6.61 Å². The fraction of sp³-hybridized carbons (Fsp3) is 0.600. The van der Waals surface area contributed by atoms with E-state index in [1.807, 2.05) is 27.7 Å². The number of nitrogens with zero attached hydrogens (tertiary/aromatic N) is 2. The normalized spacial score (nSPS) is 17.6. The van der Waals surface area contributed by atoms with Gasteiger partial charge in [-0.05, 0) is 37.7 Å². The van der Waals surface area contributed by atoms with E-state index >= 15 is 0 Å². The van der Waals surface area contributed by atoms with Gasteiger partial charge in [-0.2, -0.15) is 0 Å². The minimum absolute atomic E-state index is 0.0527. The number of thioether (sulfide) groups is 1. The molecule has 1 fully saturated rings. The molecule has 3 heterocycles. The first kappa shape index (κ1) is 22.8. The van der Waals surface area contributed by atoms with Crippen molar-refractivity contribution in [1.82, 2.24) is 14.9 Å². The summed E-state index contributed by atoms with van der Waals surface area (Å²) in [6.07, 6.45) is 2.55. The lowest BCUT2D eigenvalue weighted by atomic mass is 10.1. The number of imide groups is 1. The Bertz CT molecular complexity index is 1010. The number of nitrogens with two attached hydrogens (primary N) is 1. The molecule has 1 saturated heterocycles. The maximum Gasteiger partial charge on any atom is 0.318 e. The number of nitrogens with one attached hydrogen (secondary N) is 1. The van der Waals surface area contributed by atoms with Gasteiger partial charge < -0.3 is 10.5 Å². The molecule has 8 nitrogen and oxygen atoms in total.